The average Bonchev–Trinajstić information content (AvgIpc) is 2.14. The summed E-state index contributed by atoms with van der Waals surface area (Å²) in [5.74, 6) is 1.50. The minimum Gasteiger partial charge on any atom is -0.0622 e. The van der Waals surface area contributed by atoms with Gasteiger partial charge in [-0.3, -0.25) is 0 Å². The molecule has 1 aromatic rings. The van der Waals surface area contributed by atoms with E-state index in [4.69, 9.17) is 0 Å². The van der Waals surface area contributed by atoms with Gasteiger partial charge in [-0.2, -0.15) is 0 Å². The van der Waals surface area contributed by atoms with Crippen LogP contribution in [0.2, 0.25) is 0 Å². The molecule has 0 amide bonds. The molecule has 0 fully saturated rings. The van der Waals surface area contributed by atoms with E-state index >= 15 is 0 Å². The summed E-state index contributed by atoms with van der Waals surface area (Å²) in [5, 5.41) is 0. The lowest BCUT2D eigenvalue weighted by molar-refractivity contribution is 0.250. The standard InChI is InChI=1S/C16H24/c1-11(2)15-10-16(4,5)9-13-8-12(3)6-7-14(13)15/h6-8,11,15H,9-10H2,1-5H3. The van der Waals surface area contributed by atoms with E-state index in [1.807, 2.05) is 0 Å². The van der Waals surface area contributed by atoms with Gasteiger partial charge in [-0.25, -0.2) is 0 Å². The molecule has 0 radical (unpaired) electrons. The molecule has 2 rings (SSSR count). The van der Waals surface area contributed by atoms with Gasteiger partial charge >= 0.3 is 0 Å². The molecule has 0 aromatic heterocycles. The van der Waals surface area contributed by atoms with Crippen molar-refractivity contribution >= 4 is 0 Å². The summed E-state index contributed by atoms with van der Waals surface area (Å²) >= 11 is 0. The second-order valence-electron chi connectivity index (χ2n) is 6.60. The van der Waals surface area contributed by atoms with Crippen LogP contribution in [0, 0.1) is 18.3 Å². The lowest BCUT2D eigenvalue weighted by Gasteiger charge is -2.39. The van der Waals surface area contributed by atoms with Crippen LogP contribution < -0.4 is 0 Å². The van der Waals surface area contributed by atoms with Crippen LogP contribution in [0.1, 0.15) is 56.7 Å². The highest BCUT2D eigenvalue weighted by Crippen LogP contribution is 2.45. The lowest BCUT2D eigenvalue weighted by atomic mass is 9.66. The van der Waals surface area contributed by atoms with E-state index in [9.17, 15) is 0 Å². The summed E-state index contributed by atoms with van der Waals surface area (Å²) in [5.41, 5.74) is 5.07. The molecule has 1 atom stereocenters. The Morgan fingerprint density at radius 3 is 2.56 bits per heavy atom. The number of fused-ring (bicyclic) bond motifs is 1. The van der Waals surface area contributed by atoms with Gasteiger partial charge in [0.15, 0.2) is 0 Å². The molecule has 0 N–H and O–H groups in total. The number of rotatable bonds is 1. The second kappa shape index (κ2) is 3.91. The van der Waals surface area contributed by atoms with E-state index in [2.05, 4.69) is 52.8 Å². The van der Waals surface area contributed by atoms with E-state index in [0.29, 0.717) is 5.41 Å². The van der Waals surface area contributed by atoms with Crippen LogP contribution in [-0.2, 0) is 6.42 Å². The fourth-order valence-electron chi connectivity index (χ4n) is 3.14. The first-order valence-corrected chi connectivity index (χ1v) is 6.48. The molecule has 0 saturated heterocycles. The summed E-state index contributed by atoms with van der Waals surface area (Å²) in [6.45, 7) is 11.7. The van der Waals surface area contributed by atoms with Gasteiger partial charge in [0.2, 0.25) is 0 Å². The van der Waals surface area contributed by atoms with Crippen molar-refractivity contribution < 1.29 is 0 Å². The molecule has 1 aromatic carbocycles. The molecule has 0 saturated carbocycles. The summed E-state index contributed by atoms with van der Waals surface area (Å²) in [4.78, 5) is 0. The van der Waals surface area contributed by atoms with E-state index in [1.165, 1.54) is 18.4 Å². The highest BCUT2D eigenvalue weighted by atomic mass is 14.4. The molecule has 0 heteroatoms. The second-order valence-corrected chi connectivity index (χ2v) is 6.60. The zero-order chi connectivity index (χ0) is 11.9. The Bertz CT molecular complexity index is 385. The molecule has 0 spiro atoms. The van der Waals surface area contributed by atoms with Gasteiger partial charge in [-0.15, -0.1) is 0 Å². The molecule has 1 unspecified atom stereocenters. The first kappa shape index (κ1) is 11.7. The average molecular weight is 216 g/mol. The SMILES string of the molecule is Cc1ccc2c(c1)CC(C)(C)CC2C(C)C. The van der Waals surface area contributed by atoms with Crippen LogP contribution in [-0.4, -0.2) is 0 Å². The van der Waals surface area contributed by atoms with Crippen LogP contribution in [0.3, 0.4) is 0 Å². The predicted molar refractivity (Wildman–Crippen MR) is 70.9 cm³/mol. The van der Waals surface area contributed by atoms with Crippen molar-refractivity contribution in [3.63, 3.8) is 0 Å². The Labute approximate surface area is 100 Å². The molecule has 0 aliphatic heterocycles. The normalized spacial score (nSPS) is 23.2. The monoisotopic (exact) mass is 216 g/mol. The molecule has 0 bridgehead atoms. The summed E-state index contributed by atoms with van der Waals surface area (Å²) in [6, 6.07) is 7.03. The van der Waals surface area contributed by atoms with Crippen LogP contribution >= 0.6 is 0 Å². The zero-order valence-electron chi connectivity index (χ0n) is 11.3. The van der Waals surface area contributed by atoms with Crippen LogP contribution in [0.25, 0.3) is 0 Å². The molecule has 88 valence electrons. The van der Waals surface area contributed by atoms with Crippen LogP contribution in [0.5, 0.6) is 0 Å². The van der Waals surface area contributed by atoms with E-state index in [1.54, 1.807) is 11.1 Å². The van der Waals surface area contributed by atoms with Gasteiger partial charge < -0.3 is 0 Å². The van der Waals surface area contributed by atoms with Gasteiger partial charge in [-0.05, 0) is 48.1 Å². The Kier molecular flexibility index (Phi) is 2.86. The van der Waals surface area contributed by atoms with Gasteiger partial charge in [0.25, 0.3) is 0 Å². The topological polar surface area (TPSA) is 0 Å². The molecule has 1 aliphatic carbocycles. The van der Waals surface area contributed by atoms with Crippen molar-refractivity contribution in [1.82, 2.24) is 0 Å². The quantitative estimate of drug-likeness (QED) is 0.638. The molecule has 0 nitrogen and oxygen atoms in total. The van der Waals surface area contributed by atoms with Crippen LogP contribution in [0.15, 0.2) is 18.2 Å². The van der Waals surface area contributed by atoms with E-state index < -0.39 is 0 Å². The highest BCUT2D eigenvalue weighted by Gasteiger charge is 2.33. The van der Waals surface area contributed by atoms with Crippen molar-refractivity contribution in [1.29, 1.82) is 0 Å². The van der Waals surface area contributed by atoms with Gasteiger partial charge in [-0.1, -0.05) is 51.5 Å². The van der Waals surface area contributed by atoms with Crippen molar-refractivity contribution in [2.45, 2.75) is 53.4 Å². The number of hydrogen-bond donors (Lipinski definition) is 0. The summed E-state index contributed by atoms with van der Waals surface area (Å²) in [7, 11) is 0. The maximum Gasteiger partial charge on any atom is -0.0131 e. The van der Waals surface area contributed by atoms with Gasteiger partial charge in [0, 0.05) is 0 Å². The Balaban J connectivity index is 2.47. The Morgan fingerprint density at radius 1 is 1.25 bits per heavy atom. The summed E-state index contributed by atoms with van der Waals surface area (Å²) in [6.07, 6.45) is 2.58. The molecule has 16 heavy (non-hydrogen) atoms. The van der Waals surface area contributed by atoms with Gasteiger partial charge in [0.05, 0.1) is 0 Å². The number of aryl methyl sites for hydroxylation is 1. The highest BCUT2D eigenvalue weighted by molar-refractivity contribution is 5.37. The van der Waals surface area contributed by atoms with Crippen molar-refractivity contribution in [2.24, 2.45) is 11.3 Å². The third-order valence-corrected chi connectivity index (χ3v) is 3.94. The fourth-order valence-corrected chi connectivity index (χ4v) is 3.14. The lowest BCUT2D eigenvalue weighted by Crippen LogP contribution is -2.28. The van der Waals surface area contributed by atoms with E-state index in [0.717, 1.165) is 11.8 Å². The van der Waals surface area contributed by atoms with Crippen molar-refractivity contribution in [3.8, 4) is 0 Å². The molecule has 1 aliphatic rings. The van der Waals surface area contributed by atoms with E-state index in [-0.39, 0.29) is 0 Å². The number of benzene rings is 1. The third-order valence-electron chi connectivity index (χ3n) is 3.94. The fraction of sp³-hybridized carbons (Fsp3) is 0.625. The maximum absolute atomic E-state index is 2.41. The summed E-state index contributed by atoms with van der Waals surface area (Å²) < 4.78 is 0. The largest absolute Gasteiger partial charge is 0.0622 e. The minimum atomic E-state index is 0.468. The molecular weight excluding hydrogens is 192 g/mol. The molecular formula is C16H24. The smallest absolute Gasteiger partial charge is 0.0131 e. The van der Waals surface area contributed by atoms with Crippen molar-refractivity contribution in [2.75, 3.05) is 0 Å². The Hall–Kier alpha value is -0.780. The first-order valence-electron chi connectivity index (χ1n) is 6.48. The maximum atomic E-state index is 2.41. The van der Waals surface area contributed by atoms with Crippen molar-refractivity contribution in [3.05, 3.63) is 34.9 Å². The minimum absolute atomic E-state index is 0.468. The van der Waals surface area contributed by atoms with Crippen LogP contribution in [0.4, 0.5) is 0 Å². The third kappa shape index (κ3) is 2.16. The number of hydrogen-bond acceptors (Lipinski definition) is 0. The zero-order valence-corrected chi connectivity index (χ0v) is 11.3. The van der Waals surface area contributed by atoms with Gasteiger partial charge in [0.1, 0.15) is 0 Å². The Morgan fingerprint density at radius 2 is 1.94 bits per heavy atom. The predicted octanol–water partition coefficient (Wildman–Crippen LogP) is 4.71. The molecule has 0 heterocycles. The first-order chi connectivity index (χ1) is 7.39.